The number of carbonyl (C=O) groups excluding carboxylic acids is 1. The van der Waals surface area contributed by atoms with Crippen LogP contribution in [0.25, 0.3) is 0 Å². The molecule has 0 saturated carbocycles. The summed E-state index contributed by atoms with van der Waals surface area (Å²) in [5.74, 6) is 0.497. The van der Waals surface area contributed by atoms with E-state index in [1.54, 1.807) is 4.90 Å². The molecule has 1 amide bonds. The highest BCUT2D eigenvalue weighted by molar-refractivity contribution is 5.81. The van der Waals surface area contributed by atoms with Crippen LogP contribution in [0.2, 0.25) is 0 Å². The lowest BCUT2D eigenvalue weighted by Gasteiger charge is -2.26. The monoisotopic (exact) mass is 214 g/mol. The largest absolute Gasteiger partial charge is 0.379 e. The van der Waals surface area contributed by atoms with Gasteiger partial charge in [-0.05, 0) is 18.8 Å². The molecule has 0 aromatic rings. The summed E-state index contributed by atoms with van der Waals surface area (Å²) in [6.07, 6.45) is 1.67. The SMILES string of the molecule is CC(C)C[C@@H](N)C(=O)N(C)C1CCOC1. The Morgan fingerprint density at radius 3 is 2.73 bits per heavy atom. The summed E-state index contributed by atoms with van der Waals surface area (Å²) < 4.78 is 5.25. The van der Waals surface area contributed by atoms with Crippen LogP contribution in [0, 0.1) is 5.92 Å². The van der Waals surface area contributed by atoms with Gasteiger partial charge in [-0.1, -0.05) is 13.8 Å². The molecule has 1 fully saturated rings. The van der Waals surface area contributed by atoms with Gasteiger partial charge in [0, 0.05) is 13.7 Å². The third-order valence-corrected chi connectivity index (χ3v) is 2.84. The van der Waals surface area contributed by atoms with E-state index in [4.69, 9.17) is 10.5 Å². The lowest BCUT2D eigenvalue weighted by atomic mass is 10.0. The van der Waals surface area contributed by atoms with Crippen molar-refractivity contribution in [2.45, 2.75) is 38.8 Å². The summed E-state index contributed by atoms with van der Waals surface area (Å²) in [4.78, 5) is 13.7. The number of hydrogen-bond donors (Lipinski definition) is 1. The predicted molar refractivity (Wildman–Crippen MR) is 59.4 cm³/mol. The van der Waals surface area contributed by atoms with E-state index in [0.29, 0.717) is 12.5 Å². The molecule has 0 aromatic carbocycles. The molecule has 0 aliphatic carbocycles. The van der Waals surface area contributed by atoms with Crippen LogP contribution in [0.4, 0.5) is 0 Å². The molecular weight excluding hydrogens is 192 g/mol. The first-order valence-electron chi connectivity index (χ1n) is 5.62. The maximum Gasteiger partial charge on any atom is 0.239 e. The molecule has 88 valence electrons. The second-order valence-electron chi connectivity index (χ2n) is 4.70. The highest BCUT2D eigenvalue weighted by Gasteiger charge is 2.27. The topological polar surface area (TPSA) is 55.6 Å². The minimum atomic E-state index is -0.365. The van der Waals surface area contributed by atoms with Gasteiger partial charge in [0.25, 0.3) is 0 Å². The van der Waals surface area contributed by atoms with Gasteiger partial charge in [0.2, 0.25) is 5.91 Å². The van der Waals surface area contributed by atoms with E-state index in [1.165, 1.54) is 0 Å². The first-order chi connectivity index (χ1) is 7.02. The summed E-state index contributed by atoms with van der Waals surface area (Å²) in [5, 5.41) is 0. The van der Waals surface area contributed by atoms with Crippen molar-refractivity contribution in [3.8, 4) is 0 Å². The Labute approximate surface area is 91.8 Å². The van der Waals surface area contributed by atoms with Gasteiger partial charge in [-0.25, -0.2) is 0 Å². The minimum absolute atomic E-state index is 0.0409. The second kappa shape index (κ2) is 5.47. The Kier molecular flexibility index (Phi) is 4.54. The van der Waals surface area contributed by atoms with Crippen molar-refractivity contribution in [3.63, 3.8) is 0 Å². The van der Waals surface area contributed by atoms with E-state index in [9.17, 15) is 4.79 Å². The minimum Gasteiger partial charge on any atom is -0.379 e. The van der Waals surface area contributed by atoms with Crippen molar-refractivity contribution in [1.82, 2.24) is 4.90 Å². The molecular formula is C11H22N2O2. The average Bonchev–Trinajstić information content (AvgIpc) is 2.67. The number of amides is 1. The highest BCUT2D eigenvalue weighted by Crippen LogP contribution is 2.13. The van der Waals surface area contributed by atoms with Gasteiger partial charge in [-0.3, -0.25) is 4.79 Å². The molecule has 1 unspecified atom stereocenters. The molecule has 4 heteroatoms. The molecule has 1 aliphatic rings. The van der Waals surface area contributed by atoms with Crippen LogP contribution in [0.3, 0.4) is 0 Å². The average molecular weight is 214 g/mol. The van der Waals surface area contributed by atoms with Crippen molar-refractivity contribution in [1.29, 1.82) is 0 Å². The zero-order valence-electron chi connectivity index (χ0n) is 9.90. The first-order valence-corrected chi connectivity index (χ1v) is 5.62. The standard InChI is InChI=1S/C11H22N2O2/c1-8(2)6-10(12)11(14)13(3)9-4-5-15-7-9/h8-10H,4-7,12H2,1-3H3/t9?,10-/m1/s1. The lowest BCUT2D eigenvalue weighted by molar-refractivity contribution is -0.133. The molecule has 1 rings (SSSR count). The lowest BCUT2D eigenvalue weighted by Crippen LogP contribution is -2.47. The van der Waals surface area contributed by atoms with E-state index in [-0.39, 0.29) is 18.0 Å². The van der Waals surface area contributed by atoms with Crippen molar-refractivity contribution in [3.05, 3.63) is 0 Å². The van der Waals surface area contributed by atoms with Crippen molar-refractivity contribution in [2.24, 2.45) is 11.7 Å². The molecule has 1 heterocycles. The molecule has 4 nitrogen and oxygen atoms in total. The molecule has 15 heavy (non-hydrogen) atoms. The Morgan fingerprint density at radius 1 is 1.60 bits per heavy atom. The van der Waals surface area contributed by atoms with Gasteiger partial charge < -0.3 is 15.4 Å². The fourth-order valence-corrected chi connectivity index (χ4v) is 1.88. The van der Waals surface area contributed by atoms with Crippen molar-refractivity contribution < 1.29 is 9.53 Å². The summed E-state index contributed by atoms with van der Waals surface area (Å²) >= 11 is 0. The highest BCUT2D eigenvalue weighted by atomic mass is 16.5. The number of rotatable bonds is 4. The molecule has 0 radical (unpaired) electrons. The Hall–Kier alpha value is -0.610. The quantitative estimate of drug-likeness (QED) is 0.746. The van der Waals surface area contributed by atoms with E-state index >= 15 is 0 Å². The smallest absolute Gasteiger partial charge is 0.239 e. The predicted octanol–water partition coefficient (Wildman–Crippen LogP) is 0.607. The number of nitrogens with two attached hydrogens (primary N) is 1. The Morgan fingerprint density at radius 2 is 2.27 bits per heavy atom. The van der Waals surface area contributed by atoms with E-state index < -0.39 is 0 Å². The summed E-state index contributed by atoms with van der Waals surface area (Å²) in [6, 6.07) is -0.147. The molecule has 2 atom stereocenters. The van der Waals surface area contributed by atoms with Gasteiger partial charge in [-0.15, -0.1) is 0 Å². The number of hydrogen-bond acceptors (Lipinski definition) is 3. The van der Waals surface area contributed by atoms with E-state index in [0.717, 1.165) is 19.4 Å². The fourth-order valence-electron chi connectivity index (χ4n) is 1.88. The van der Waals surface area contributed by atoms with Gasteiger partial charge >= 0.3 is 0 Å². The number of ether oxygens (including phenoxy) is 1. The normalized spacial score (nSPS) is 23.1. The molecule has 0 bridgehead atoms. The van der Waals surface area contributed by atoms with Crippen LogP contribution in [-0.2, 0) is 9.53 Å². The van der Waals surface area contributed by atoms with Gasteiger partial charge in [0.15, 0.2) is 0 Å². The van der Waals surface area contributed by atoms with Crippen LogP contribution in [0.15, 0.2) is 0 Å². The van der Waals surface area contributed by atoms with Crippen LogP contribution in [-0.4, -0.2) is 43.2 Å². The third kappa shape index (κ3) is 3.47. The van der Waals surface area contributed by atoms with Gasteiger partial charge in [0.1, 0.15) is 0 Å². The maximum absolute atomic E-state index is 11.9. The van der Waals surface area contributed by atoms with E-state index in [1.807, 2.05) is 7.05 Å². The molecule has 1 aliphatic heterocycles. The second-order valence-corrected chi connectivity index (χ2v) is 4.70. The fraction of sp³-hybridized carbons (Fsp3) is 0.909. The molecule has 0 spiro atoms. The maximum atomic E-state index is 11.9. The Balaban J connectivity index is 2.43. The molecule has 2 N–H and O–H groups in total. The molecule has 1 saturated heterocycles. The number of likely N-dealkylation sites (N-methyl/N-ethyl adjacent to an activating group) is 1. The van der Waals surface area contributed by atoms with Crippen molar-refractivity contribution in [2.75, 3.05) is 20.3 Å². The number of nitrogens with zero attached hydrogens (tertiary/aromatic N) is 1. The van der Waals surface area contributed by atoms with Crippen LogP contribution in [0.1, 0.15) is 26.7 Å². The van der Waals surface area contributed by atoms with Crippen molar-refractivity contribution >= 4 is 5.91 Å². The van der Waals surface area contributed by atoms with Gasteiger partial charge in [-0.2, -0.15) is 0 Å². The summed E-state index contributed by atoms with van der Waals surface area (Å²) in [7, 11) is 1.82. The molecule has 0 aromatic heterocycles. The zero-order chi connectivity index (χ0) is 11.4. The van der Waals surface area contributed by atoms with Crippen LogP contribution < -0.4 is 5.73 Å². The van der Waals surface area contributed by atoms with Crippen LogP contribution in [0.5, 0.6) is 0 Å². The summed E-state index contributed by atoms with van der Waals surface area (Å²) in [6.45, 7) is 5.55. The first kappa shape index (κ1) is 12.5. The van der Waals surface area contributed by atoms with Crippen LogP contribution >= 0.6 is 0 Å². The van der Waals surface area contributed by atoms with Gasteiger partial charge in [0.05, 0.1) is 18.7 Å². The number of carbonyl (C=O) groups is 1. The van der Waals surface area contributed by atoms with E-state index in [2.05, 4.69) is 13.8 Å². The zero-order valence-corrected chi connectivity index (χ0v) is 9.90. The Bertz CT molecular complexity index is 213. The summed E-state index contributed by atoms with van der Waals surface area (Å²) in [5.41, 5.74) is 5.85. The third-order valence-electron chi connectivity index (χ3n) is 2.84.